The third-order valence-corrected chi connectivity index (χ3v) is 2.83. The summed E-state index contributed by atoms with van der Waals surface area (Å²) in [4.78, 5) is 14.2. The highest BCUT2D eigenvalue weighted by atomic mass is 16.6. The topological polar surface area (TPSA) is 91.5 Å². The molecule has 0 radical (unpaired) electrons. The molecule has 1 saturated heterocycles. The highest BCUT2D eigenvalue weighted by Gasteiger charge is 2.26. The van der Waals surface area contributed by atoms with Gasteiger partial charge in [0.15, 0.2) is 0 Å². The molecule has 0 spiro atoms. The van der Waals surface area contributed by atoms with E-state index in [0.29, 0.717) is 19.0 Å². The predicted molar refractivity (Wildman–Crippen MR) is 62.7 cm³/mol. The van der Waals surface area contributed by atoms with E-state index in [-0.39, 0.29) is 24.4 Å². The van der Waals surface area contributed by atoms with Crippen molar-refractivity contribution < 1.29 is 14.4 Å². The number of hydrogen-bond acceptors (Lipinski definition) is 6. The van der Waals surface area contributed by atoms with Gasteiger partial charge in [-0.25, -0.2) is 0 Å². The van der Waals surface area contributed by atoms with Crippen molar-refractivity contribution >= 4 is 5.82 Å². The van der Waals surface area contributed by atoms with Crippen LogP contribution in [0.1, 0.15) is 5.82 Å². The third-order valence-electron chi connectivity index (χ3n) is 2.83. The van der Waals surface area contributed by atoms with Crippen LogP contribution in [-0.4, -0.2) is 46.9 Å². The molecule has 0 saturated carbocycles. The van der Waals surface area contributed by atoms with Crippen molar-refractivity contribution in [3.63, 3.8) is 0 Å². The smallest absolute Gasteiger partial charge is 0.426 e. The lowest BCUT2D eigenvalue weighted by Crippen LogP contribution is -2.41. The van der Waals surface area contributed by atoms with E-state index in [0.717, 1.165) is 6.54 Å². The van der Waals surface area contributed by atoms with Crippen LogP contribution in [-0.2, 0) is 11.8 Å². The van der Waals surface area contributed by atoms with E-state index >= 15 is 0 Å². The number of imidazole rings is 1. The molecule has 1 aromatic rings. The average Bonchev–Trinajstić information content (AvgIpc) is 2.65. The van der Waals surface area contributed by atoms with Crippen molar-refractivity contribution in [2.45, 2.75) is 13.0 Å². The molecule has 0 amide bonds. The standard InChI is InChI=1S/C10H16N4O4/c1-7-12-9(14(15)16)10(13(7)2)18-6-8-5-11-3-4-17-8/h8,11H,3-6H2,1-2H3. The van der Waals surface area contributed by atoms with Crippen molar-refractivity contribution in [3.05, 3.63) is 15.9 Å². The van der Waals surface area contributed by atoms with E-state index < -0.39 is 4.92 Å². The number of aromatic nitrogens is 2. The van der Waals surface area contributed by atoms with Crippen LogP contribution in [0.25, 0.3) is 0 Å². The number of hydrogen-bond donors (Lipinski definition) is 1. The molecule has 1 unspecified atom stereocenters. The van der Waals surface area contributed by atoms with Gasteiger partial charge < -0.3 is 24.9 Å². The molecule has 2 rings (SSSR count). The first-order valence-corrected chi connectivity index (χ1v) is 5.72. The zero-order valence-corrected chi connectivity index (χ0v) is 10.4. The Hall–Kier alpha value is -1.67. The Kier molecular flexibility index (Phi) is 3.78. The summed E-state index contributed by atoms with van der Waals surface area (Å²) in [5.41, 5.74) is 0. The van der Waals surface area contributed by atoms with E-state index in [1.165, 1.54) is 0 Å². The van der Waals surface area contributed by atoms with Gasteiger partial charge in [0.1, 0.15) is 12.7 Å². The fourth-order valence-corrected chi connectivity index (χ4v) is 1.75. The third kappa shape index (κ3) is 2.59. The van der Waals surface area contributed by atoms with Crippen LogP contribution in [0.4, 0.5) is 5.82 Å². The van der Waals surface area contributed by atoms with Gasteiger partial charge in [-0.05, 0) is 9.91 Å². The first-order valence-electron chi connectivity index (χ1n) is 5.72. The Balaban J connectivity index is 2.05. The quantitative estimate of drug-likeness (QED) is 0.602. The summed E-state index contributed by atoms with van der Waals surface area (Å²) in [5.74, 6) is 0.463. The van der Waals surface area contributed by atoms with Crippen molar-refractivity contribution in [3.8, 4) is 5.88 Å². The minimum atomic E-state index is -0.539. The monoisotopic (exact) mass is 256 g/mol. The summed E-state index contributed by atoms with van der Waals surface area (Å²) in [6, 6.07) is 0. The molecule has 1 fully saturated rings. The summed E-state index contributed by atoms with van der Waals surface area (Å²) in [5, 5.41) is 14.0. The Morgan fingerprint density at radius 2 is 2.50 bits per heavy atom. The number of aryl methyl sites for hydroxylation is 1. The molecule has 0 aromatic carbocycles. The zero-order chi connectivity index (χ0) is 13.1. The number of ether oxygens (including phenoxy) is 2. The van der Waals surface area contributed by atoms with Gasteiger partial charge in [0.25, 0.3) is 5.88 Å². The van der Waals surface area contributed by atoms with Crippen molar-refractivity contribution in [1.29, 1.82) is 0 Å². The van der Waals surface area contributed by atoms with Gasteiger partial charge in [-0.1, -0.05) is 0 Å². The maximum absolute atomic E-state index is 10.8. The zero-order valence-electron chi connectivity index (χ0n) is 10.4. The molecule has 2 heterocycles. The van der Waals surface area contributed by atoms with E-state index in [9.17, 15) is 10.1 Å². The van der Waals surface area contributed by atoms with Crippen LogP contribution in [0, 0.1) is 17.0 Å². The number of nitrogens with zero attached hydrogens (tertiary/aromatic N) is 3. The Morgan fingerprint density at radius 3 is 3.11 bits per heavy atom. The molecule has 0 bridgehead atoms. The maximum Gasteiger partial charge on any atom is 0.426 e. The first-order chi connectivity index (χ1) is 8.59. The molecule has 1 aliphatic rings. The van der Waals surface area contributed by atoms with E-state index in [1.54, 1.807) is 18.5 Å². The van der Waals surface area contributed by atoms with Crippen LogP contribution < -0.4 is 10.1 Å². The number of morpholine rings is 1. The minimum absolute atomic E-state index is 0.0893. The van der Waals surface area contributed by atoms with Gasteiger partial charge in [0.2, 0.25) is 5.82 Å². The summed E-state index contributed by atoms with van der Waals surface area (Å²) in [6.45, 7) is 4.10. The second kappa shape index (κ2) is 5.32. The second-order valence-electron chi connectivity index (χ2n) is 4.11. The van der Waals surface area contributed by atoms with Crippen molar-refractivity contribution in [2.24, 2.45) is 7.05 Å². The fourth-order valence-electron chi connectivity index (χ4n) is 1.75. The normalized spacial score (nSPS) is 19.8. The molecule has 1 N–H and O–H groups in total. The van der Waals surface area contributed by atoms with Crippen LogP contribution in [0.5, 0.6) is 5.88 Å². The highest BCUT2D eigenvalue weighted by Crippen LogP contribution is 2.26. The fraction of sp³-hybridized carbons (Fsp3) is 0.700. The lowest BCUT2D eigenvalue weighted by Gasteiger charge is -2.23. The van der Waals surface area contributed by atoms with Crippen LogP contribution in [0.15, 0.2) is 0 Å². The minimum Gasteiger partial charge on any atom is -0.470 e. The van der Waals surface area contributed by atoms with E-state index in [2.05, 4.69) is 10.3 Å². The van der Waals surface area contributed by atoms with Gasteiger partial charge in [0.05, 0.1) is 6.61 Å². The maximum atomic E-state index is 10.8. The molecule has 8 heteroatoms. The molecule has 100 valence electrons. The van der Waals surface area contributed by atoms with E-state index in [1.807, 2.05) is 0 Å². The molecular formula is C10H16N4O4. The Morgan fingerprint density at radius 1 is 1.72 bits per heavy atom. The summed E-state index contributed by atoms with van der Waals surface area (Å²) in [6.07, 6.45) is -0.0893. The van der Waals surface area contributed by atoms with Crippen LogP contribution >= 0.6 is 0 Å². The molecule has 1 atom stereocenters. The summed E-state index contributed by atoms with van der Waals surface area (Å²) < 4.78 is 12.5. The lowest BCUT2D eigenvalue weighted by molar-refractivity contribution is -0.390. The molecule has 18 heavy (non-hydrogen) atoms. The predicted octanol–water partition coefficient (Wildman–Crippen LogP) is 0.00392. The largest absolute Gasteiger partial charge is 0.470 e. The molecule has 1 aromatic heterocycles. The average molecular weight is 256 g/mol. The molecular weight excluding hydrogens is 240 g/mol. The van der Waals surface area contributed by atoms with Crippen LogP contribution in [0.3, 0.4) is 0 Å². The van der Waals surface area contributed by atoms with E-state index in [4.69, 9.17) is 9.47 Å². The summed E-state index contributed by atoms with van der Waals surface area (Å²) in [7, 11) is 1.69. The number of nitro groups is 1. The van der Waals surface area contributed by atoms with Gasteiger partial charge >= 0.3 is 5.82 Å². The first kappa shape index (κ1) is 12.8. The Labute approximate surface area is 104 Å². The van der Waals surface area contributed by atoms with Gasteiger partial charge in [-0.2, -0.15) is 0 Å². The van der Waals surface area contributed by atoms with Crippen molar-refractivity contribution in [2.75, 3.05) is 26.3 Å². The van der Waals surface area contributed by atoms with Crippen molar-refractivity contribution in [1.82, 2.24) is 14.9 Å². The number of rotatable bonds is 4. The molecule has 8 nitrogen and oxygen atoms in total. The number of nitrogens with one attached hydrogen (secondary N) is 1. The molecule has 0 aliphatic carbocycles. The Bertz CT molecular complexity index is 439. The molecule has 1 aliphatic heterocycles. The van der Waals surface area contributed by atoms with Gasteiger partial charge in [-0.15, -0.1) is 0 Å². The van der Waals surface area contributed by atoms with Crippen LogP contribution in [0.2, 0.25) is 0 Å². The highest BCUT2D eigenvalue weighted by molar-refractivity contribution is 5.36. The SMILES string of the molecule is Cc1nc([N+](=O)[O-])c(OCC2CNCCO2)n1C. The van der Waals surface area contributed by atoms with Gasteiger partial charge in [-0.3, -0.25) is 4.57 Å². The second-order valence-corrected chi connectivity index (χ2v) is 4.11. The lowest BCUT2D eigenvalue weighted by atomic mass is 10.3. The van der Waals surface area contributed by atoms with Gasteiger partial charge in [0, 0.05) is 27.1 Å². The summed E-state index contributed by atoms with van der Waals surface area (Å²) >= 11 is 0.